The van der Waals surface area contributed by atoms with Crippen molar-refractivity contribution in [2.24, 2.45) is 0 Å². The number of aromatic nitrogens is 2. The van der Waals surface area contributed by atoms with Crippen LogP contribution in [0.4, 0.5) is 5.69 Å². The van der Waals surface area contributed by atoms with Crippen LogP contribution in [0.1, 0.15) is 35.4 Å². The fourth-order valence-electron chi connectivity index (χ4n) is 4.17. The van der Waals surface area contributed by atoms with E-state index in [1.807, 2.05) is 17.2 Å². The van der Waals surface area contributed by atoms with Crippen LogP contribution < -0.4 is 9.64 Å². The number of anilines is 1. The Morgan fingerprint density at radius 2 is 2.26 bits per heavy atom. The van der Waals surface area contributed by atoms with E-state index in [0.717, 1.165) is 24.2 Å². The third kappa shape index (κ3) is 4.61. The smallest absolute Gasteiger partial charge is 0.291 e. The lowest BCUT2D eigenvalue weighted by Gasteiger charge is -2.26. The van der Waals surface area contributed by atoms with Gasteiger partial charge in [-0.1, -0.05) is 6.08 Å². The highest BCUT2D eigenvalue weighted by Crippen LogP contribution is 2.33. The Bertz CT molecular complexity index is 1270. The van der Waals surface area contributed by atoms with Gasteiger partial charge in [0.1, 0.15) is 35.5 Å². The number of pyridine rings is 1. The Morgan fingerprint density at radius 1 is 1.34 bits per heavy atom. The molecule has 1 amide bonds. The highest BCUT2D eigenvalue weighted by molar-refractivity contribution is 5.91. The lowest BCUT2D eigenvalue weighted by Crippen LogP contribution is -2.30. The Balaban J connectivity index is 1.34. The lowest BCUT2D eigenvalue weighted by molar-refractivity contribution is 0.0713. The van der Waals surface area contributed by atoms with Crippen molar-refractivity contribution in [2.45, 2.75) is 25.4 Å². The number of nitrogens with zero attached hydrogens (tertiary/aromatic N) is 5. The largest absolute Gasteiger partial charge is 0.488 e. The molecule has 0 bridgehead atoms. The second kappa shape index (κ2) is 9.77. The van der Waals surface area contributed by atoms with Gasteiger partial charge in [0.25, 0.3) is 5.91 Å². The van der Waals surface area contributed by atoms with E-state index in [1.54, 1.807) is 29.6 Å². The predicted octanol–water partition coefficient (Wildman–Crippen LogP) is 3.63. The molecule has 178 valence electrons. The van der Waals surface area contributed by atoms with Gasteiger partial charge in [0.15, 0.2) is 6.39 Å². The summed E-state index contributed by atoms with van der Waals surface area (Å²) in [6.45, 7) is 1.04. The van der Waals surface area contributed by atoms with E-state index >= 15 is 0 Å². The number of hydrogen-bond donors (Lipinski definition) is 0. The highest BCUT2D eigenvalue weighted by atomic mass is 16.5. The van der Waals surface area contributed by atoms with Crippen LogP contribution in [-0.2, 0) is 9.47 Å². The van der Waals surface area contributed by atoms with Crippen LogP contribution in [0.25, 0.3) is 0 Å². The second-order valence-corrected chi connectivity index (χ2v) is 8.10. The third-order valence-electron chi connectivity index (χ3n) is 5.92. The molecule has 0 unspecified atom stereocenters. The first-order valence-electron chi connectivity index (χ1n) is 11.2. The molecule has 4 heterocycles. The number of likely N-dealkylation sites (tertiary alicyclic amines) is 1. The topological polar surface area (TPSA) is 114 Å². The zero-order valence-corrected chi connectivity index (χ0v) is 19.1. The third-order valence-corrected chi connectivity index (χ3v) is 5.92. The van der Waals surface area contributed by atoms with Crippen LogP contribution in [0, 0.1) is 11.3 Å². The van der Waals surface area contributed by atoms with Crippen molar-refractivity contribution in [2.75, 3.05) is 25.1 Å². The Labute approximate surface area is 202 Å². The highest BCUT2D eigenvalue weighted by Gasteiger charge is 2.31. The zero-order chi connectivity index (χ0) is 24.2. The quantitative estimate of drug-likeness (QED) is 0.620. The molecule has 35 heavy (non-hydrogen) atoms. The van der Waals surface area contributed by atoms with E-state index in [4.69, 9.17) is 18.6 Å². The summed E-state index contributed by atoms with van der Waals surface area (Å²) in [5.41, 5.74) is 1.98. The lowest BCUT2D eigenvalue weighted by atomic mass is 10.0. The van der Waals surface area contributed by atoms with Crippen LogP contribution in [-0.4, -0.2) is 47.1 Å². The van der Waals surface area contributed by atoms with Crippen molar-refractivity contribution in [3.05, 3.63) is 84.1 Å². The predicted molar refractivity (Wildman–Crippen MR) is 124 cm³/mol. The Kier molecular flexibility index (Phi) is 6.22. The van der Waals surface area contributed by atoms with Gasteiger partial charge in [-0.05, 0) is 25.0 Å². The van der Waals surface area contributed by atoms with Crippen molar-refractivity contribution in [3.63, 3.8) is 0 Å². The van der Waals surface area contributed by atoms with E-state index in [2.05, 4.69) is 22.1 Å². The number of carbonyl (C=O) groups is 1. The first-order chi connectivity index (χ1) is 17.2. The summed E-state index contributed by atoms with van der Waals surface area (Å²) in [7, 11) is 1.48. The Hall–Kier alpha value is -4.52. The molecule has 10 heteroatoms. The van der Waals surface area contributed by atoms with Crippen LogP contribution in [0.3, 0.4) is 0 Å². The van der Waals surface area contributed by atoms with Gasteiger partial charge >= 0.3 is 0 Å². The maximum Gasteiger partial charge on any atom is 0.291 e. The number of amides is 1. The summed E-state index contributed by atoms with van der Waals surface area (Å²) < 4.78 is 22.5. The molecule has 1 aliphatic carbocycles. The van der Waals surface area contributed by atoms with E-state index in [0.29, 0.717) is 36.5 Å². The molecule has 2 aromatic heterocycles. The van der Waals surface area contributed by atoms with Gasteiger partial charge in [-0.15, -0.1) is 0 Å². The molecular formula is C25H23N5O5. The number of allylic oxidation sites excluding steroid dienone is 3. The van der Waals surface area contributed by atoms with Crippen molar-refractivity contribution in [3.8, 4) is 11.9 Å². The van der Waals surface area contributed by atoms with Crippen molar-refractivity contribution in [1.29, 1.82) is 5.26 Å². The van der Waals surface area contributed by atoms with Crippen LogP contribution in [0.15, 0.2) is 77.2 Å². The molecule has 0 radical (unpaired) electrons. The van der Waals surface area contributed by atoms with Gasteiger partial charge in [-0.3, -0.25) is 4.79 Å². The Morgan fingerprint density at radius 3 is 3.06 bits per heavy atom. The van der Waals surface area contributed by atoms with Crippen LogP contribution in [0.5, 0.6) is 5.88 Å². The summed E-state index contributed by atoms with van der Waals surface area (Å²) in [5.74, 6) is 1.69. The molecule has 0 N–H and O–H groups in total. The van der Waals surface area contributed by atoms with Gasteiger partial charge in [-0.25, -0.2) is 9.97 Å². The van der Waals surface area contributed by atoms with Gasteiger partial charge in [-0.2, -0.15) is 5.26 Å². The molecule has 2 aliphatic heterocycles. The van der Waals surface area contributed by atoms with Gasteiger partial charge in [0, 0.05) is 24.7 Å². The summed E-state index contributed by atoms with van der Waals surface area (Å²) >= 11 is 0. The number of nitriles is 1. The number of ether oxygens (including phenoxy) is 3. The minimum atomic E-state index is -0.189. The molecule has 1 fully saturated rings. The van der Waals surface area contributed by atoms with Crippen molar-refractivity contribution in [1.82, 2.24) is 14.9 Å². The average molecular weight is 473 g/mol. The summed E-state index contributed by atoms with van der Waals surface area (Å²) in [6.07, 6.45) is 15.7. The summed E-state index contributed by atoms with van der Waals surface area (Å²) in [5, 5.41) is 9.39. The van der Waals surface area contributed by atoms with Crippen molar-refractivity contribution >= 4 is 11.6 Å². The van der Waals surface area contributed by atoms with Crippen molar-refractivity contribution < 1.29 is 23.4 Å². The summed E-state index contributed by atoms with van der Waals surface area (Å²) in [4.78, 5) is 24.1. The van der Waals surface area contributed by atoms with E-state index in [-0.39, 0.29) is 23.7 Å². The molecule has 1 atom stereocenters. The molecule has 10 nitrogen and oxygen atoms in total. The minimum absolute atomic E-state index is 0.144. The normalized spacial score (nSPS) is 19.3. The van der Waals surface area contributed by atoms with Gasteiger partial charge in [0.05, 0.1) is 37.9 Å². The average Bonchev–Trinajstić information content (AvgIpc) is 3.61. The fraction of sp³-hybridized carbons (Fsp3) is 0.280. The molecular weight excluding hydrogens is 450 g/mol. The standard InChI is InChI=1S/C25H23N5O5/c1-32-24-17(11-26)10-18(12-28-24)29-8-9-33-23(15-29)20-4-2-3-5-21(20)35-19-6-7-30(14-19)25(31)22-13-27-16-34-22/h3,5,8-10,12-13,15-16,19H,2,4,6-7,14H2,1H3/t19-/m0/s1. The minimum Gasteiger partial charge on any atom is -0.488 e. The van der Waals surface area contributed by atoms with Crippen LogP contribution in [0.2, 0.25) is 0 Å². The number of carbonyl (C=O) groups excluding carboxylic acids is 1. The molecule has 3 aliphatic rings. The number of hydrogen-bond acceptors (Lipinski definition) is 9. The molecule has 0 saturated carbocycles. The molecule has 5 rings (SSSR count). The number of methoxy groups -OCH3 is 1. The van der Waals surface area contributed by atoms with Crippen LogP contribution >= 0.6 is 0 Å². The van der Waals surface area contributed by atoms with E-state index < -0.39 is 0 Å². The molecule has 1 saturated heterocycles. The summed E-state index contributed by atoms with van der Waals surface area (Å²) in [6, 6.07) is 3.81. The first kappa shape index (κ1) is 22.3. The molecule has 2 aromatic rings. The maximum atomic E-state index is 12.5. The molecule has 0 spiro atoms. The number of rotatable bonds is 6. The monoisotopic (exact) mass is 473 g/mol. The zero-order valence-electron chi connectivity index (χ0n) is 19.1. The van der Waals surface area contributed by atoms with E-state index in [1.165, 1.54) is 19.7 Å². The van der Waals surface area contributed by atoms with Gasteiger partial charge < -0.3 is 28.4 Å². The fourth-order valence-corrected chi connectivity index (χ4v) is 4.17. The van der Waals surface area contributed by atoms with E-state index in [9.17, 15) is 10.1 Å². The SMILES string of the molecule is COc1ncc(N2C=COC(C3=C(O[C@H]4CCN(C(=O)c5cnco5)C4)C=CCC3)=C2)cc1C#N. The maximum absolute atomic E-state index is 12.5. The van der Waals surface area contributed by atoms with Gasteiger partial charge in [0.2, 0.25) is 11.6 Å². The second-order valence-electron chi connectivity index (χ2n) is 8.10. The first-order valence-corrected chi connectivity index (χ1v) is 11.2. The molecule has 0 aromatic carbocycles. The number of oxazole rings is 1.